The summed E-state index contributed by atoms with van der Waals surface area (Å²) in [4.78, 5) is 26.4. The van der Waals surface area contributed by atoms with Gasteiger partial charge in [0.1, 0.15) is 16.9 Å². The molecule has 0 unspecified atom stereocenters. The van der Waals surface area contributed by atoms with Crippen LogP contribution in [0.15, 0.2) is 65.2 Å². The van der Waals surface area contributed by atoms with Gasteiger partial charge < -0.3 is 19.5 Å². The predicted molar refractivity (Wildman–Crippen MR) is 93.4 cm³/mol. The average Bonchev–Trinajstić information content (AvgIpc) is 3.27. The number of aromatic amines is 1. The number of hydrogen-bond donors (Lipinski definition) is 2. The molecule has 4 aromatic rings. The smallest absolute Gasteiger partial charge is 0.355 e. The number of para-hydroxylation sites is 1. The fourth-order valence-electron chi connectivity index (χ4n) is 2.67. The molecule has 2 aromatic carbocycles. The number of anilines is 1. The number of hydrogen-bond acceptors (Lipinski definition) is 4. The van der Waals surface area contributed by atoms with Gasteiger partial charge in [-0.15, -0.1) is 0 Å². The molecule has 0 saturated heterocycles. The summed E-state index contributed by atoms with van der Waals surface area (Å²) in [5, 5.41) is 4.61. The predicted octanol–water partition coefficient (Wildman–Crippen LogP) is 3.71. The molecule has 0 spiro atoms. The van der Waals surface area contributed by atoms with E-state index in [-0.39, 0.29) is 6.61 Å². The number of nitrogens with one attached hydrogen (secondary N) is 2. The summed E-state index contributed by atoms with van der Waals surface area (Å²) in [6.07, 6.45) is 1.61. The molecule has 0 aliphatic rings. The Morgan fingerprint density at radius 2 is 1.84 bits per heavy atom. The van der Waals surface area contributed by atoms with Gasteiger partial charge in [-0.3, -0.25) is 4.79 Å². The summed E-state index contributed by atoms with van der Waals surface area (Å²) in [5.74, 6) is -0.983. The van der Waals surface area contributed by atoms with Crippen LogP contribution in [0.3, 0.4) is 0 Å². The number of esters is 1. The maximum absolute atomic E-state index is 12.0. The zero-order valence-corrected chi connectivity index (χ0v) is 13.1. The van der Waals surface area contributed by atoms with E-state index in [2.05, 4.69) is 10.3 Å². The van der Waals surface area contributed by atoms with Gasteiger partial charge in [-0.05, 0) is 36.4 Å². The van der Waals surface area contributed by atoms with Crippen molar-refractivity contribution in [1.82, 2.24) is 4.98 Å². The second kappa shape index (κ2) is 6.16. The lowest BCUT2D eigenvalue weighted by molar-refractivity contribution is -0.119. The Labute approximate surface area is 142 Å². The van der Waals surface area contributed by atoms with Gasteiger partial charge >= 0.3 is 5.97 Å². The van der Waals surface area contributed by atoms with Crippen molar-refractivity contribution in [1.29, 1.82) is 0 Å². The summed E-state index contributed by atoms with van der Waals surface area (Å²) < 4.78 is 10.7. The summed E-state index contributed by atoms with van der Waals surface area (Å²) in [6.45, 7) is -0.359. The van der Waals surface area contributed by atoms with Gasteiger partial charge in [-0.25, -0.2) is 4.79 Å². The third-order valence-corrected chi connectivity index (χ3v) is 3.81. The van der Waals surface area contributed by atoms with Crippen LogP contribution < -0.4 is 5.32 Å². The number of carbonyl (C=O) groups excluding carboxylic acids is 2. The number of amides is 1. The first-order valence-electron chi connectivity index (χ1n) is 7.72. The highest BCUT2D eigenvalue weighted by Gasteiger charge is 2.12. The highest BCUT2D eigenvalue weighted by Crippen LogP contribution is 2.30. The highest BCUT2D eigenvalue weighted by molar-refractivity contribution is 6.07. The first-order valence-corrected chi connectivity index (χ1v) is 7.72. The van der Waals surface area contributed by atoms with E-state index in [1.165, 1.54) is 0 Å². The van der Waals surface area contributed by atoms with Gasteiger partial charge in [0.2, 0.25) is 0 Å². The van der Waals surface area contributed by atoms with Gasteiger partial charge in [-0.2, -0.15) is 0 Å². The Kier molecular flexibility index (Phi) is 3.70. The van der Waals surface area contributed by atoms with Crippen molar-refractivity contribution >= 4 is 39.5 Å². The fourth-order valence-corrected chi connectivity index (χ4v) is 2.67. The normalized spacial score (nSPS) is 10.9. The van der Waals surface area contributed by atoms with E-state index < -0.39 is 11.9 Å². The minimum atomic E-state index is -0.573. The largest absolute Gasteiger partial charge is 0.456 e. The zero-order valence-electron chi connectivity index (χ0n) is 13.1. The monoisotopic (exact) mass is 334 g/mol. The number of H-pyrrole nitrogens is 1. The Hall–Kier alpha value is -3.54. The first kappa shape index (κ1) is 15.0. The van der Waals surface area contributed by atoms with Crippen LogP contribution in [0.4, 0.5) is 5.69 Å². The third kappa shape index (κ3) is 2.97. The van der Waals surface area contributed by atoms with Crippen molar-refractivity contribution in [3.8, 4) is 0 Å². The molecular formula is C19H14N2O4. The molecule has 0 aliphatic carbocycles. The number of benzene rings is 2. The van der Waals surface area contributed by atoms with Crippen LogP contribution in [-0.4, -0.2) is 23.5 Å². The molecule has 2 aromatic heterocycles. The van der Waals surface area contributed by atoms with Crippen LogP contribution in [0.1, 0.15) is 10.5 Å². The lowest BCUT2D eigenvalue weighted by Gasteiger charge is -2.06. The molecule has 1 amide bonds. The lowest BCUT2D eigenvalue weighted by atomic mass is 10.1. The lowest BCUT2D eigenvalue weighted by Crippen LogP contribution is -2.21. The SMILES string of the molecule is O=C(COC(=O)c1ccc[nH]1)Nc1ccc2oc3ccccc3c2c1. The van der Waals surface area contributed by atoms with Crippen molar-refractivity contribution in [3.63, 3.8) is 0 Å². The number of ether oxygens (including phenoxy) is 1. The van der Waals surface area contributed by atoms with E-state index in [0.29, 0.717) is 11.4 Å². The van der Waals surface area contributed by atoms with Crippen LogP contribution in [0, 0.1) is 0 Å². The molecule has 0 fully saturated rings. The fraction of sp³-hybridized carbons (Fsp3) is 0.0526. The topological polar surface area (TPSA) is 84.3 Å². The molecule has 6 heteroatoms. The Morgan fingerprint density at radius 1 is 1.00 bits per heavy atom. The number of carbonyl (C=O) groups is 2. The van der Waals surface area contributed by atoms with Crippen molar-refractivity contribution in [2.24, 2.45) is 0 Å². The molecule has 0 aliphatic heterocycles. The molecular weight excluding hydrogens is 320 g/mol. The highest BCUT2D eigenvalue weighted by atomic mass is 16.5. The molecule has 25 heavy (non-hydrogen) atoms. The molecule has 4 rings (SSSR count). The van der Waals surface area contributed by atoms with Gasteiger partial charge in [0.05, 0.1) is 0 Å². The van der Waals surface area contributed by atoms with Gasteiger partial charge in [0.15, 0.2) is 6.61 Å². The second-order valence-electron chi connectivity index (χ2n) is 5.52. The van der Waals surface area contributed by atoms with E-state index in [0.717, 1.165) is 21.9 Å². The second-order valence-corrected chi connectivity index (χ2v) is 5.52. The van der Waals surface area contributed by atoms with Crippen LogP contribution in [0.2, 0.25) is 0 Å². The van der Waals surface area contributed by atoms with E-state index in [1.54, 1.807) is 30.5 Å². The summed E-state index contributed by atoms with van der Waals surface area (Å²) in [7, 11) is 0. The van der Waals surface area contributed by atoms with Crippen molar-refractivity contribution in [3.05, 3.63) is 66.5 Å². The molecule has 2 N–H and O–H groups in total. The van der Waals surface area contributed by atoms with Gasteiger partial charge in [-0.1, -0.05) is 18.2 Å². The van der Waals surface area contributed by atoms with E-state index in [1.807, 2.05) is 30.3 Å². The molecule has 6 nitrogen and oxygen atoms in total. The van der Waals surface area contributed by atoms with Crippen molar-refractivity contribution in [2.45, 2.75) is 0 Å². The maximum Gasteiger partial charge on any atom is 0.355 e. The summed E-state index contributed by atoms with van der Waals surface area (Å²) in [5.41, 5.74) is 2.46. The minimum absolute atomic E-state index is 0.305. The standard InChI is InChI=1S/C19H14N2O4/c22-18(11-24-19(23)15-5-3-9-20-15)21-12-7-8-17-14(10-12)13-4-1-2-6-16(13)25-17/h1-10,20H,11H2,(H,21,22). The number of fused-ring (bicyclic) bond motifs is 3. The molecule has 0 atom stereocenters. The number of rotatable bonds is 4. The van der Waals surface area contributed by atoms with E-state index in [9.17, 15) is 9.59 Å². The number of furan rings is 1. The Bertz CT molecular complexity index is 1060. The summed E-state index contributed by atoms with van der Waals surface area (Å²) in [6, 6.07) is 16.4. The van der Waals surface area contributed by atoms with Crippen LogP contribution >= 0.6 is 0 Å². The Balaban J connectivity index is 1.47. The Morgan fingerprint density at radius 3 is 2.68 bits per heavy atom. The molecule has 0 saturated carbocycles. The van der Waals surface area contributed by atoms with Crippen molar-refractivity contribution in [2.75, 3.05) is 11.9 Å². The third-order valence-electron chi connectivity index (χ3n) is 3.81. The van der Waals surface area contributed by atoms with Gasteiger partial charge in [0.25, 0.3) is 5.91 Å². The quantitative estimate of drug-likeness (QED) is 0.557. The van der Waals surface area contributed by atoms with Crippen LogP contribution in [0.5, 0.6) is 0 Å². The molecule has 124 valence electrons. The molecule has 0 bridgehead atoms. The van der Waals surface area contributed by atoms with Gasteiger partial charge in [0, 0.05) is 22.7 Å². The minimum Gasteiger partial charge on any atom is -0.456 e. The number of aromatic nitrogens is 1. The first-order chi connectivity index (χ1) is 12.2. The summed E-state index contributed by atoms with van der Waals surface area (Å²) >= 11 is 0. The maximum atomic E-state index is 12.0. The molecule has 2 heterocycles. The van der Waals surface area contributed by atoms with E-state index in [4.69, 9.17) is 9.15 Å². The average molecular weight is 334 g/mol. The molecule has 0 radical (unpaired) electrons. The zero-order chi connectivity index (χ0) is 17.2. The van der Waals surface area contributed by atoms with Crippen LogP contribution in [-0.2, 0) is 9.53 Å². The van der Waals surface area contributed by atoms with E-state index >= 15 is 0 Å². The van der Waals surface area contributed by atoms with Crippen LogP contribution in [0.25, 0.3) is 21.9 Å². The van der Waals surface area contributed by atoms with Crippen molar-refractivity contribution < 1.29 is 18.7 Å².